The smallest absolute Gasteiger partial charge is 0.208 e. The summed E-state index contributed by atoms with van der Waals surface area (Å²) in [4.78, 5) is 8.40. The first-order valence-corrected chi connectivity index (χ1v) is 6.76. The molecule has 0 atom stereocenters. The van der Waals surface area contributed by atoms with Crippen LogP contribution in [0.1, 0.15) is 11.4 Å². The summed E-state index contributed by atoms with van der Waals surface area (Å²) in [6.45, 7) is 4.51. The molecule has 6 nitrogen and oxygen atoms in total. The molecule has 0 aliphatic rings. The summed E-state index contributed by atoms with van der Waals surface area (Å²) in [5.74, 6) is 0.690. The lowest BCUT2D eigenvalue weighted by Crippen LogP contribution is -2.28. The van der Waals surface area contributed by atoms with Gasteiger partial charge in [-0.25, -0.2) is 18.1 Å². The van der Waals surface area contributed by atoms with Crippen LogP contribution in [0.25, 0.3) is 0 Å². The molecular weight excluding hydrogens is 228 g/mol. The average molecular weight is 244 g/mol. The Kier molecular flexibility index (Phi) is 4.19. The molecule has 0 unspecified atom stereocenters. The van der Waals surface area contributed by atoms with E-state index in [1.807, 2.05) is 13.8 Å². The van der Waals surface area contributed by atoms with Crippen molar-refractivity contribution in [2.24, 2.45) is 0 Å². The lowest BCUT2D eigenvalue weighted by Gasteiger charge is -2.08. The van der Waals surface area contributed by atoms with Crippen LogP contribution in [-0.4, -0.2) is 37.7 Å². The Labute approximate surface area is 95.6 Å². The van der Waals surface area contributed by atoms with Crippen LogP contribution in [0.3, 0.4) is 0 Å². The van der Waals surface area contributed by atoms with Gasteiger partial charge >= 0.3 is 0 Å². The normalized spacial score (nSPS) is 11.4. The van der Waals surface area contributed by atoms with Crippen molar-refractivity contribution < 1.29 is 8.42 Å². The summed E-state index contributed by atoms with van der Waals surface area (Å²) in [6.07, 6.45) is 2.82. The van der Waals surface area contributed by atoms with E-state index in [1.54, 1.807) is 6.20 Å². The molecule has 2 N–H and O–H groups in total. The van der Waals surface area contributed by atoms with Gasteiger partial charge in [-0.1, -0.05) is 0 Å². The zero-order valence-corrected chi connectivity index (χ0v) is 10.4. The van der Waals surface area contributed by atoms with Crippen LogP contribution in [0.4, 0.5) is 5.82 Å². The highest BCUT2D eigenvalue weighted by molar-refractivity contribution is 7.88. The second-order valence-corrected chi connectivity index (χ2v) is 5.37. The van der Waals surface area contributed by atoms with Gasteiger partial charge in [-0.3, -0.25) is 4.98 Å². The van der Waals surface area contributed by atoms with Crippen LogP contribution < -0.4 is 10.0 Å². The number of hydrogen-bond acceptors (Lipinski definition) is 5. The third kappa shape index (κ3) is 4.54. The lowest BCUT2D eigenvalue weighted by atomic mass is 10.4. The first-order chi connectivity index (χ1) is 7.38. The van der Waals surface area contributed by atoms with E-state index >= 15 is 0 Å². The Morgan fingerprint density at radius 1 is 1.31 bits per heavy atom. The molecule has 1 aromatic heterocycles. The molecule has 0 radical (unpaired) electrons. The number of aromatic nitrogens is 2. The SMILES string of the molecule is Cc1cnc(C)c(NCCNS(C)(=O)=O)n1. The van der Waals surface area contributed by atoms with Crippen LogP contribution in [0, 0.1) is 13.8 Å². The molecule has 16 heavy (non-hydrogen) atoms. The molecule has 0 aliphatic carbocycles. The van der Waals surface area contributed by atoms with Gasteiger partial charge in [0.2, 0.25) is 10.0 Å². The molecule has 0 fully saturated rings. The van der Waals surface area contributed by atoms with E-state index in [-0.39, 0.29) is 0 Å². The fourth-order valence-corrected chi connectivity index (χ4v) is 1.60. The number of nitrogens with one attached hydrogen (secondary N) is 2. The van der Waals surface area contributed by atoms with E-state index in [4.69, 9.17) is 0 Å². The summed E-state index contributed by atoms with van der Waals surface area (Å²) >= 11 is 0. The highest BCUT2D eigenvalue weighted by Gasteiger charge is 2.02. The largest absolute Gasteiger partial charge is 0.367 e. The van der Waals surface area contributed by atoms with Crippen molar-refractivity contribution in [3.05, 3.63) is 17.6 Å². The minimum Gasteiger partial charge on any atom is -0.367 e. The number of aryl methyl sites for hydroxylation is 2. The predicted molar refractivity (Wildman–Crippen MR) is 62.8 cm³/mol. The van der Waals surface area contributed by atoms with Gasteiger partial charge < -0.3 is 5.32 Å². The van der Waals surface area contributed by atoms with Crippen LogP contribution in [-0.2, 0) is 10.0 Å². The number of nitrogens with zero attached hydrogens (tertiary/aromatic N) is 2. The van der Waals surface area contributed by atoms with E-state index in [2.05, 4.69) is 20.0 Å². The highest BCUT2D eigenvalue weighted by atomic mass is 32.2. The van der Waals surface area contributed by atoms with E-state index in [1.165, 1.54) is 0 Å². The van der Waals surface area contributed by atoms with Crippen molar-refractivity contribution in [3.8, 4) is 0 Å². The summed E-state index contributed by atoms with van der Waals surface area (Å²) in [6, 6.07) is 0. The van der Waals surface area contributed by atoms with Gasteiger partial charge in [-0.05, 0) is 13.8 Å². The molecule has 1 rings (SSSR count). The topological polar surface area (TPSA) is 84.0 Å². The zero-order chi connectivity index (χ0) is 12.2. The van der Waals surface area contributed by atoms with Crippen molar-refractivity contribution in [3.63, 3.8) is 0 Å². The van der Waals surface area contributed by atoms with Gasteiger partial charge in [0, 0.05) is 19.3 Å². The molecule has 0 saturated heterocycles. The van der Waals surface area contributed by atoms with Crippen molar-refractivity contribution in [1.29, 1.82) is 0 Å². The van der Waals surface area contributed by atoms with Gasteiger partial charge in [0.25, 0.3) is 0 Å². The maximum absolute atomic E-state index is 10.8. The molecule has 0 spiro atoms. The minimum atomic E-state index is -3.12. The number of anilines is 1. The molecule has 0 amide bonds. The van der Waals surface area contributed by atoms with Gasteiger partial charge in [-0.2, -0.15) is 0 Å². The van der Waals surface area contributed by atoms with Crippen molar-refractivity contribution in [2.75, 3.05) is 24.7 Å². The quantitative estimate of drug-likeness (QED) is 0.715. The average Bonchev–Trinajstić information content (AvgIpc) is 2.16. The van der Waals surface area contributed by atoms with Crippen LogP contribution in [0.15, 0.2) is 6.20 Å². The monoisotopic (exact) mass is 244 g/mol. The molecule has 1 heterocycles. The Morgan fingerprint density at radius 2 is 2.00 bits per heavy atom. The Hall–Kier alpha value is -1.21. The molecule has 0 aliphatic heterocycles. The van der Waals surface area contributed by atoms with Crippen LogP contribution in [0.5, 0.6) is 0 Å². The number of sulfonamides is 1. The highest BCUT2D eigenvalue weighted by Crippen LogP contribution is 2.07. The van der Waals surface area contributed by atoms with Gasteiger partial charge in [-0.15, -0.1) is 0 Å². The molecule has 7 heteroatoms. The Bertz CT molecular complexity index is 459. The Morgan fingerprint density at radius 3 is 2.62 bits per heavy atom. The van der Waals surface area contributed by atoms with Crippen LogP contribution >= 0.6 is 0 Å². The lowest BCUT2D eigenvalue weighted by molar-refractivity contribution is 0.589. The number of rotatable bonds is 5. The fraction of sp³-hybridized carbons (Fsp3) is 0.556. The summed E-state index contributed by atoms with van der Waals surface area (Å²) in [7, 11) is -3.12. The molecule has 90 valence electrons. The second kappa shape index (κ2) is 5.22. The van der Waals surface area contributed by atoms with Gasteiger partial charge in [0.1, 0.15) is 5.82 Å². The molecule has 0 bridgehead atoms. The van der Waals surface area contributed by atoms with Crippen LogP contribution in [0.2, 0.25) is 0 Å². The van der Waals surface area contributed by atoms with E-state index in [9.17, 15) is 8.42 Å². The summed E-state index contributed by atoms with van der Waals surface area (Å²) < 4.78 is 24.0. The van der Waals surface area contributed by atoms with Crippen molar-refractivity contribution in [1.82, 2.24) is 14.7 Å². The summed E-state index contributed by atoms with van der Waals surface area (Å²) in [5.41, 5.74) is 1.62. The van der Waals surface area contributed by atoms with Crippen molar-refractivity contribution in [2.45, 2.75) is 13.8 Å². The van der Waals surface area contributed by atoms with Gasteiger partial charge in [0.05, 0.1) is 17.6 Å². The first-order valence-electron chi connectivity index (χ1n) is 4.87. The second-order valence-electron chi connectivity index (χ2n) is 3.54. The molecule has 0 saturated carbocycles. The summed E-state index contributed by atoms with van der Waals surface area (Å²) in [5, 5.41) is 3.03. The standard InChI is InChI=1S/C9H16N4O2S/c1-7-6-11-8(2)9(13-7)10-4-5-12-16(3,14)15/h6,12H,4-5H2,1-3H3,(H,10,13). The van der Waals surface area contributed by atoms with Crippen molar-refractivity contribution >= 4 is 15.8 Å². The van der Waals surface area contributed by atoms with Gasteiger partial charge in [0.15, 0.2) is 0 Å². The molecular formula is C9H16N4O2S. The first kappa shape index (κ1) is 12.9. The third-order valence-electron chi connectivity index (χ3n) is 1.86. The van der Waals surface area contributed by atoms with E-state index in [0.29, 0.717) is 18.9 Å². The Balaban J connectivity index is 2.46. The molecule has 1 aromatic rings. The fourth-order valence-electron chi connectivity index (χ4n) is 1.12. The zero-order valence-electron chi connectivity index (χ0n) is 9.61. The maximum Gasteiger partial charge on any atom is 0.208 e. The minimum absolute atomic E-state index is 0.327. The predicted octanol–water partition coefficient (Wildman–Crippen LogP) is 0.0545. The van der Waals surface area contributed by atoms with E-state index in [0.717, 1.165) is 17.6 Å². The third-order valence-corrected chi connectivity index (χ3v) is 2.59. The maximum atomic E-state index is 10.8. The molecule has 0 aromatic carbocycles. The van der Waals surface area contributed by atoms with E-state index < -0.39 is 10.0 Å². The number of hydrogen-bond donors (Lipinski definition) is 2.